The van der Waals surface area contributed by atoms with E-state index in [0.717, 1.165) is 0 Å². The molecule has 108 valence electrons. The topological polar surface area (TPSA) is 110 Å². The first kappa shape index (κ1) is 14.9. The molecule has 0 unspecified atom stereocenters. The summed E-state index contributed by atoms with van der Waals surface area (Å²) in [6.45, 7) is 1.57. The van der Waals surface area contributed by atoms with E-state index >= 15 is 0 Å². The molecule has 2 heterocycles. The molecule has 2 rings (SSSR count). The predicted octanol–water partition coefficient (Wildman–Crippen LogP) is 1.06. The minimum Gasteiger partial charge on any atom is -0.372 e. The number of halogens is 1. The van der Waals surface area contributed by atoms with Crippen LogP contribution in [0.2, 0.25) is 0 Å². The van der Waals surface area contributed by atoms with Gasteiger partial charge in [0, 0.05) is 17.7 Å². The molecule has 0 fully saturated rings. The lowest BCUT2D eigenvalue weighted by Gasteiger charge is -2.09. The maximum atomic E-state index is 12.2. The summed E-state index contributed by atoms with van der Waals surface area (Å²) in [5.41, 5.74) is 0. The zero-order chi connectivity index (χ0) is 14.8. The van der Waals surface area contributed by atoms with Crippen molar-refractivity contribution >= 4 is 31.8 Å². The molecule has 0 aliphatic rings. The number of hydrogen-bond acceptors (Lipinski definition) is 7. The van der Waals surface area contributed by atoms with E-state index < -0.39 is 10.0 Å². The third kappa shape index (κ3) is 3.32. The molecule has 2 N–H and O–H groups in total. The molecule has 0 bridgehead atoms. The zero-order valence-corrected chi connectivity index (χ0v) is 13.1. The first-order valence-electron chi connectivity index (χ1n) is 5.54. The monoisotopic (exact) mass is 361 g/mol. The largest absolute Gasteiger partial charge is 0.372 e. The van der Waals surface area contributed by atoms with Gasteiger partial charge in [-0.15, -0.1) is 0 Å². The van der Waals surface area contributed by atoms with Gasteiger partial charge in [-0.25, -0.2) is 18.1 Å². The Balaban J connectivity index is 2.24. The molecule has 10 heteroatoms. The molecule has 2 aromatic heterocycles. The molecule has 0 aliphatic carbocycles. The van der Waals surface area contributed by atoms with Gasteiger partial charge in [-0.3, -0.25) is 0 Å². The van der Waals surface area contributed by atoms with Crippen molar-refractivity contribution in [3.05, 3.63) is 28.5 Å². The molecule has 0 amide bonds. The summed E-state index contributed by atoms with van der Waals surface area (Å²) in [6.07, 6.45) is 1.51. The van der Waals surface area contributed by atoms with Crippen molar-refractivity contribution in [1.29, 1.82) is 0 Å². The van der Waals surface area contributed by atoms with E-state index in [0.29, 0.717) is 10.3 Å². The number of anilines is 1. The average Bonchev–Trinajstić information content (AvgIpc) is 2.82. The van der Waals surface area contributed by atoms with Crippen LogP contribution in [0.3, 0.4) is 0 Å². The number of pyridine rings is 1. The zero-order valence-electron chi connectivity index (χ0n) is 10.7. The van der Waals surface area contributed by atoms with E-state index in [1.807, 2.05) is 0 Å². The second-order valence-electron chi connectivity index (χ2n) is 3.81. The number of rotatable bonds is 5. The van der Waals surface area contributed by atoms with Crippen LogP contribution in [0.4, 0.5) is 5.82 Å². The first-order valence-corrected chi connectivity index (χ1v) is 7.82. The van der Waals surface area contributed by atoms with Gasteiger partial charge in [0.25, 0.3) is 0 Å². The average molecular weight is 362 g/mol. The minimum absolute atomic E-state index is 0.0330. The van der Waals surface area contributed by atoms with Gasteiger partial charge in [0.2, 0.25) is 15.9 Å². The number of nitrogens with zero attached hydrogens (tertiary/aromatic N) is 3. The third-order valence-electron chi connectivity index (χ3n) is 2.33. The number of aromatic nitrogens is 3. The van der Waals surface area contributed by atoms with Crippen LogP contribution < -0.4 is 10.0 Å². The van der Waals surface area contributed by atoms with E-state index in [1.54, 1.807) is 14.0 Å². The van der Waals surface area contributed by atoms with Crippen LogP contribution in [0.15, 0.2) is 26.2 Å². The van der Waals surface area contributed by atoms with Crippen LogP contribution in [0.25, 0.3) is 0 Å². The molecule has 0 saturated heterocycles. The number of hydrogen-bond donors (Lipinski definition) is 2. The van der Waals surface area contributed by atoms with Gasteiger partial charge in [-0.2, -0.15) is 4.98 Å². The maximum absolute atomic E-state index is 12.2. The van der Waals surface area contributed by atoms with Crippen LogP contribution in [0, 0.1) is 6.92 Å². The Hall–Kier alpha value is -1.52. The highest BCUT2D eigenvalue weighted by Crippen LogP contribution is 2.22. The summed E-state index contributed by atoms with van der Waals surface area (Å²) in [4.78, 5) is 7.95. The SMILES string of the molecule is CNc1ncc(Br)cc1S(=O)(=O)NCc1nc(C)no1. The summed E-state index contributed by atoms with van der Waals surface area (Å²) < 4.78 is 32.3. The predicted molar refractivity (Wildman–Crippen MR) is 74.5 cm³/mol. The lowest BCUT2D eigenvalue weighted by Crippen LogP contribution is -2.24. The molecule has 0 radical (unpaired) electrons. The molecule has 0 spiro atoms. The van der Waals surface area contributed by atoms with Crippen LogP contribution in [-0.4, -0.2) is 30.6 Å². The molecule has 20 heavy (non-hydrogen) atoms. The Morgan fingerprint density at radius 2 is 2.20 bits per heavy atom. The molecule has 0 saturated carbocycles. The van der Waals surface area contributed by atoms with Gasteiger partial charge < -0.3 is 9.84 Å². The molecular formula is C10H12BrN5O3S. The van der Waals surface area contributed by atoms with Crippen LogP contribution in [-0.2, 0) is 16.6 Å². The molecule has 0 aliphatic heterocycles. The summed E-state index contributed by atoms with van der Waals surface area (Å²) in [6, 6.07) is 1.46. The normalized spacial score (nSPS) is 11.6. The van der Waals surface area contributed by atoms with Crippen molar-refractivity contribution in [3.63, 3.8) is 0 Å². The van der Waals surface area contributed by atoms with Gasteiger partial charge in [0.05, 0.1) is 6.54 Å². The summed E-state index contributed by atoms with van der Waals surface area (Å²) in [5, 5.41) is 6.31. The first-order chi connectivity index (χ1) is 9.42. The highest BCUT2D eigenvalue weighted by molar-refractivity contribution is 9.10. The third-order valence-corrected chi connectivity index (χ3v) is 4.18. The van der Waals surface area contributed by atoms with E-state index in [1.165, 1.54) is 12.3 Å². The lowest BCUT2D eigenvalue weighted by molar-refractivity contribution is 0.372. The van der Waals surface area contributed by atoms with E-state index in [2.05, 4.69) is 41.1 Å². The fourth-order valence-electron chi connectivity index (χ4n) is 1.46. The Morgan fingerprint density at radius 3 is 2.80 bits per heavy atom. The highest BCUT2D eigenvalue weighted by atomic mass is 79.9. The standard InChI is InChI=1S/C10H12BrN5O3S/c1-6-15-9(19-16-6)5-14-20(17,18)8-3-7(11)4-13-10(8)12-2/h3-4,14H,5H2,1-2H3,(H,12,13). The quantitative estimate of drug-likeness (QED) is 0.818. The van der Waals surface area contributed by atoms with E-state index in [9.17, 15) is 8.42 Å². The van der Waals surface area contributed by atoms with Crippen molar-refractivity contribution in [3.8, 4) is 0 Å². The molecule has 0 aromatic carbocycles. The second kappa shape index (κ2) is 5.85. The van der Waals surface area contributed by atoms with E-state index in [4.69, 9.17) is 4.52 Å². The Kier molecular flexibility index (Phi) is 4.35. The summed E-state index contributed by atoms with van der Waals surface area (Å²) in [7, 11) is -2.15. The number of nitrogens with one attached hydrogen (secondary N) is 2. The second-order valence-corrected chi connectivity index (χ2v) is 6.46. The number of aryl methyl sites for hydroxylation is 1. The molecule has 0 atom stereocenters. The summed E-state index contributed by atoms with van der Waals surface area (Å²) >= 11 is 3.19. The Bertz CT molecular complexity index is 715. The molecule has 2 aromatic rings. The maximum Gasteiger partial charge on any atom is 0.244 e. The van der Waals surface area contributed by atoms with Crippen molar-refractivity contribution in [2.45, 2.75) is 18.4 Å². The van der Waals surface area contributed by atoms with Gasteiger partial charge in [0.1, 0.15) is 10.7 Å². The van der Waals surface area contributed by atoms with Crippen molar-refractivity contribution in [2.75, 3.05) is 12.4 Å². The smallest absolute Gasteiger partial charge is 0.244 e. The Morgan fingerprint density at radius 1 is 1.45 bits per heavy atom. The van der Waals surface area contributed by atoms with Gasteiger partial charge in [-0.05, 0) is 28.9 Å². The fourth-order valence-corrected chi connectivity index (χ4v) is 3.10. The Labute approximate surface area is 124 Å². The summed E-state index contributed by atoms with van der Waals surface area (Å²) in [5.74, 6) is 0.890. The van der Waals surface area contributed by atoms with Crippen molar-refractivity contribution in [2.24, 2.45) is 0 Å². The van der Waals surface area contributed by atoms with Crippen molar-refractivity contribution < 1.29 is 12.9 Å². The molecule has 8 nitrogen and oxygen atoms in total. The van der Waals surface area contributed by atoms with Crippen LogP contribution >= 0.6 is 15.9 Å². The number of sulfonamides is 1. The lowest BCUT2D eigenvalue weighted by atomic mass is 10.4. The molecular weight excluding hydrogens is 350 g/mol. The van der Waals surface area contributed by atoms with Crippen molar-refractivity contribution in [1.82, 2.24) is 19.8 Å². The van der Waals surface area contributed by atoms with Gasteiger partial charge in [0.15, 0.2) is 5.82 Å². The van der Waals surface area contributed by atoms with Gasteiger partial charge >= 0.3 is 0 Å². The fraction of sp³-hybridized carbons (Fsp3) is 0.300. The van der Waals surface area contributed by atoms with E-state index in [-0.39, 0.29) is 23.1 Å². The van der Waals surface area contributed by atoms with Crippen LogP contribution in [0.5, 0.6) is 0 Å². The van der Waals surface area contributed by atoms with Crippen LogP contribution in [0.1, 0.15) is 11.7 Å². The van der Waals surface area contributed by atoms with Gasteiger partial charge in [-0.1, -0.05) is 5.16 Å². The highest BCUT2D eigenvalue weighted by Gasteiger charge is 2.20. The minimum atomic E-state index is -3.75.